The molecule has 3 heterocycles. The van der Waals surface area contributed by atoms with E-state index in [9.17, 15) is 4.79 Å². The summed E-state index contributed by atoms with van der Waals surface area (Å²) in [5, 5.41) is 9.46. The van der Waals surface area contributed by atoms with Crippen molar-refractivity contribution in [1.82, 2.24) is 19.7 Å². The van der Waals surface area contributed by atoms with Gasteiger partial charge in [-0.3, -0.25) is 9.48 Å². The lowest BCUT2D eigenvalue weighted by molar-refractivity contribution is 0.0945. The zero-order valence-corrected chi connectivity index (χ0v) is 13.9. The Labute approximate surface area is 133 Å². The molecule has 0 unspecified atom stereocenters. The van der Waals surface area contributed by atoms with Crippen molar-refractivity contribution >= 4 is 27.5 Å². The molecular weight excluding hydrogens is 296 g/mol. The summed E-state index contributed by atoms with van der Waals surface area (Å²) in [4.78, 5) is 12.3. The van der Waals surface area contributed by atoms with E-state index in [2.05, 4.69) is 23.4 Å². The molecule has 3 aromatic heterocycles. The summed E-state index contributed by atoms with van der Waals surface area (Å²) in [6.07, 6.45) is 0.868. The van der Waals surface area contributed by atoms with Crippen LogP contribution in [0.4, 0.5) is 0 Å². The SMILES string of the molecule is Cc1cc(C)n(CCCNC(=O)c2cc3sccc3n2C)n1. The van der Waals surface area contributed by atoms with Crippen LogP contribution in [0.3, 0.4) is 0 Å². The van der Waals surface area contributed by atoms with Crippen molar-refractivity contribution < 1.29 is 4.79 Å². The standard InChI is InChI=1S/C16H20N4OS/c1-11-9-12(2)20(18-11)7-4-6-17-16(21)14-10-15-13(19(14)3)5-8-22-15/h5,8-10H,4,6-7H2,1-3H3,(H,17,21). The van der Waals surface area contributed by atoms with Crippen LogP contribution in [-0.4, -0.2) is 26.8 Å². The summed E-state index contributed by atoms with van der Waals surface area (Å²) >= 11 is 1.66. The Morgan fingerprint density at radius 1 is 1.36 bits per heavy atom. The lowest BCUT2D eigenvalue weighted by Gasteiger charge is -2.07. The number of aromatic nitrogens is 3. The number of rotatable bonds is 5. The van der Waals surface area contributed by atoms with E-state index in [-0.39, 0.29) is 5.91 Å². The number of thiophene rings is 1. The van der Waals surface area contributed by atoms with E-state index >= 15 is 0 Å². The molecule has 0 saturated heterocycles. The molecule has 0 aliphatic heterocycles. The minimum absolute atomic E-state index is 0.0146. The monoisotopic (exact) mass is 316 g/mol. The molecule has 3 rings (SSSR count). The van der Waals surface area contributed by atoms with Gasteiger partial charge in [0.1, 0.15) is 5.69 Å². The molecule has 116 valence electrons. The Hall–Kier alpha value is -2.08. The first-order valence-electron chi connectivity index (χ1n) is 7.38. The highest BCUT2D eigenvalue weighted by molar-refractivity contribution is 7.17. The maximum absolute atomic E-state index is 12.3. The summed E-state index contributed by atoms with van der Waals surface area (Å²) in [5.74, 6) is -0.0146. The molecule has 1 amide bonds. The van der Waals surface area contributed by atoms with E-state index in [4.69, 9.17) is 0 Å². The third kappa shape index (κ3) is 2.78. The van der Waals surface area contributed by atoms with Gasteiger partial charge in [-0.05, 0) is 43.8 Å². The molecule has 0 radical (unpaired) electrons. The molecule has 5 nitrogen and oxygen atoms in total. The van der Waals surface area contributed by atoms with Crippen molar-refractivity contribution in [2.24, 2.45) is 7.05 Å². The molecule has 0 fully saturated rings. The minimum atomic E-state index is -0.0146. The molecule has 0 spiro atoms. The Bertz CT molecular complexity index is 811. The van der Waals surface area contributed by atoms with Gasteiger partial charge < -0.3 is 9.88 Å². The number of hydrogen-bond donors (Lipinski definition) is 1. The largest absolute Gasteiger partial charge is 0.351 e. The van der Waals surface area contributed by atoms with Crippen LogP contribution in [0.1, 0.15) is 28.3 Å². The fourth-order valence-electron chi connectivity index (χ4n) is 2.69. The zero-order valence-electron chi connectivity index (χ0n) is 13.1. The predicted molar refractivity (Wildman–Crippen MR) is 89.4 cm³/mol. The van der Waals surface area contributed by atoms with Crippen molar-refractivity contribution in [2.45, 2.75) is 26.8 Å². The summed E-state index contributed by atoms with van der Waals surface area (Å²) in [6.45, 7) is 5.51. The lowest BCUT2D eigenvalue weighted by atomic mass is 10.3. The average molecular weight is 316 g/mol. The highest BCUT2D eigenvalue weighted by Crippen LogP contribution is 2.23. The van der Waals surface area contributed by atoms with E-state index in [0.717, 1.165) is 34.6 Å². The Morgan fingerprint density at radius 2 is 2.18 bits per heavy atom. The van der Waals surface area contributed by atoms with Crippen LogP contribution in [0.15, 0.2) is 23.6 Å². The zero-order chi connectivity index (χ0) is 15.7. The van der Waals surface area contributed by atoms with E-state index in [0.29, 0.717) is 12.2 Å². The average Bonchev–Trinajstić information content (AvgIpc) is 3.13. The molecule has 0 aliphatic carbocycles. The molecule has 3 aromatic rings. The van der Waals surface area contributed by atoms with Gasteiger partial charge in [0.2, 0.25) is 0 Å². The van der Waals surface area contributed by atoms with Crippen molar-refractivity contribution in [1.29, 1.82) is 0 Å². The van der Waals surface area contributed by atoms with Crippen LogP contribution < -0.4 is 5.32 Å². The molecule has 0 bridgehead atoms. The number of aryl methyl sites for hydroxylation is 4. The van der Waals surface area contributed by atoms with Gasteiger partial charge in [0.15, 0.2) is 0 Å². The van der Waals surface area contributed by atoms with Crippen LogP contribution in [0.25, 0.3) is 10.2 Å². The molecule has 22 heavy (non-hydrogen) atoms. The first-order chi connectivity index (χ1) is 10.6. The molecule has 0 saturated carbocycles. The molecule has 0 aromatic carbocycles. The van der Waals surface area contributed by atoms with Gasteiger partial charge >= 0.3 is 0 Å². The highest BCUT2D eigenvalue weighted by atomic mass is 32.1. The number of amides is 1. The number of nitrogens with one attached hydrogen (secondary N) is 1. The Kier molecular flexibility index (Phi) is 4.02. The maximum atomic E-state index is 12.3. The first-order valence-corrected chi connectivity index (χ1v) is 8.26. The second kappa shape index (κ2) is 5.96. The number of hydrogen-bond acceptors (Lipinski definition) is 3. The van der Waals surface area contributed by atoms with E-state index in [1.807, 2.05) is 40.7 Å². The smallest absolute Gasteiger partial charge is 0.267 e. The van der Waals surface area contributed by atoms with Crippen LogP contribution >= 0.6 is 11.3 Å². The fraction of sp³-hybridized carbons (Fsp3) is 0.375. The fourth-order valence-corrected chi connectivity index (χ4v) is 3.54. The first kappa shape index (κ1) is 14.8. The van der Waals surface area contributed by atoms with Crippen LogP contribution in [0.2, 0.25) is 0 Å². The van der Waals surface area contributed by atoms with Gasteiger partial charge in [-0.1, -0.05) is 0 Å². The van der Waals surface area contributed by atoms with Crippen molar-refractivity contribution in [3.05, 3.63) is 40.7 Å². The second-order valence-corrected chi connectivity index (χ2v) is 6.47. The van der Waals surface area contributed by atoms with Gasteiger partial charge in [0.05, 0.1) is 15.9 Å². The van der Waals surface area contributed by atoms with Crippen LogP contribution in [0.5, 0.6) is 0 Å². The minimum Gasteiger partial charge on any atom is -0.351 e. The topological polar surface area (TPSA) is 51.9 Å². The van der Waals surface area contributed by atoms with E-state index in [1.54, 1.807) is 11.3 Å². The lowest BCUT2D eigenvalue weighted by Crippen LogP contribution is -2.27. The third-order valence-corrected chi connectivity index (χ3v) is 4.69. The van der Waals surface area contributed by atoms with Crippen molar-refractivity contribution in [3.8, 4) is 0 Å². The molecule has 6 heteroatoms. The Balaban J connectivity index is 1.55. The van der Waals surface area contributed by atoms with Crippen LogP contribution in [0, 0.1) is 13.8 Å². The Morgan fingerprint density at radius 3 is 2.86 bits per heavy atom. The predicted octanol–water partition coefficient (Wildman–Crippen LogP) is 2.87. The summed E-state index contributed by atoms with van der Waals surface area (Å²) in [6, 6.07) is 6.06. The van der Waals surface area contributed by atoms with Gasteiger partial charge in [0, 0.05) is 25.8 Å². The summed E-state index contributed by atoms with van der Waals surface area (Å²) < 4.78 is 5.08. The quantitative estimate of drug-likeness (QED) is 0.736. The molecule has 0 atom stereocenters. The van der Waals surface area contributed by atoms with Gasteiger partial charge in [0.25, 0.3) is 5.91 Å². The molecular formula is C16H20N4OS. The van der Waals surface area contributed by atoms with Gasteiger partial charge in [-0.2, -0.15) is 5.10 Å². The van der Waals surface area contributed by atoms with Gasteiger partial charge in [-0.25, -0.2) is 0 Å². The number of nitrogens with zero attached hydrogens (tertiary/aromatic N) is 3. The van der Waals surface area contributed by atoms with E-state index in [1.165, 1.54) is 0 Å². The highest BCUT2D eigenvalue weighted by Gasteiger charge is 2.13. The van der Waals surface area contributed by atoms with E-state index < -0.39 is 0 Å². The second-order valence-electron chi connectivity index (χ2n) is 5.52. The van der Waals surface area contributed by atoms with Crippen molar-refractivity contribution in [3.63, 3.8) is 0 Å². The molecule has 0 aliphatic rings. The number of carbonyl (C=O) groups excluding carboxylic acids is 1. The van der Waals surface area contributed by atoms with Crippen LogP contribution in [-0.2, 0) is 13.6 Å². The summed E-state index contributed by atoms with van der Waals surface area (Å²) in [5.41, 5.74) is 4.02. The number of fused-ring (bicyclic) bond motifs is 1. The van der Waals surface area contributed by atoms with Gasteiger partial charge in [-0.15, -0.1) is 11.3 Å². The van der Waals surface area contributed by atoms with Crippen molar-refractivity contribution in [2.75, 3.05) is 6.54 Å². The third-order valence-electron chi connectivity index (χ3n) is 3.83. The number of carbonyl (C=O) groups is 1. The summed E-state index contributed by atoms with van der Waals surface area (Å²) in [7, 11) is 1.93. The maximum Gasteiger partial charge on any atom is 0.267 e. The normalized spacial score (nSPS) is 11.2. The molecule has 1 N–H and O–H groups in total.